The number of aryl methyl sites for hydroxylation is 2. The molecule has 0 aliphatic carbocycles. The molecule has 0 saturated carbocycles. The summed E-state index contributed by atoms with van der Waals surface area (Å²) in [6.07, 6.45) is 1.31. The topological polar surface area (TPSA) is 103 Å². The van der Waals surface area contributed by atoms with Crippen LogP contribution in [0.3, 0.4) is 0 Å². The molecule has 0 fully saturated rings. The number of rotatable bonds is 9. The first-order valence-electron chi connectivity index (χ1n) is 12.0. The number of carbonyl (C=O) groups excluding carboxylic acids is 1. The van der Waals surface area contributed by atoms with E-state index in [0.29, 0.717) is 16.5 Å². The smallest absolute Gasteiger partial charge is 0.266 e. The van der Waals surface area contributed by atoms with Crippen molar-refractivity contribution >= 4 is 39.3 Å². The first-order chi connectivity index (χ1) is 18.6. The van der Waals surface area contributed by atoms with Gasteiger partial charge in [0.2, 0.25) is 10.0 Å². The van der Waals surface area contributed by atoms with Crippen LogP contribution in [0.2, 0.25) is 5.02 Å². The fraction of sp³-hybridized carbons (Fsp3) is 0.133. The molecule has 0 aliphatic heterocycles. The molecule has 0 bridgehead atoms. The zero-order valence-electron chi connectivity index (χ0n) is 21.4. The molecule has 1 amide bonds. The van der Waals surface area contributed by atoms with E-state index in [1.165, 1.54) is 10.4 Å². The second kappa shape index (κ2) is 12.1. The van der Waals surface area contributed by atoms with Gasteiger partial charge in [-0.15, -0.1) is 0 Å². The molecule has 0 radical (unpaired) electrons. The van der Waals surface area contributed by atoms with E-state index in [-0.39, 0.29) is 29.3 Å². The molecule has 9 heteroatoms. The molecule has 198 valence electrons. The zero-order valence-corrected chi connectivity index (χ0v) is 23.0. The van der Waals surface area contributed by atoms with Crippen LogP contribution in [0, 0.1) is 25.2 Å². The maximum Gasteiger partial charge on any atom is 0.266 e. The van der Waals surface area contributed by atoms with Crippen molar-refractivity contribution in [3.63, 3.8) is 0 Å². The number of furan rings is 1. The fourth-order valence-electron chi connectivity index (χ4n) is 3.77. The predicted octanol–water partition coefficient (Wildman–Crippen LogP) is 6.49. The summed E-state index contributed by atoms with van der Waals surface area (Å²) in [5, 5.41) is 12.6. The molecule has 0 aliphatic rings. The van der Waals surface area contributed by atoms with Gasteiger partial charge in [0, 0.05) is 23.3 Å². The molecule has 7 nitrogen and oxygen atoms in total. The molecule has 0 unspecified atom stereocenters. The van der Waals surface area contributed by atoms with Crippen LogP contribution < -0.4 is 5.32 Å². The largest absolute Gasteiger partial charge is 0.460 e. The number of anilines is 1. The van der Waals surface area contributed by atoms with Gasteiger partial charge in [0.25, 0.3) is 5.91 Å². The van der Waals surface area contributed by atoms with Gasteiger partial charge in [-0.3, -0.25) is 4.79 Å². The van der Waals surface area contributed by atoms with Gasteiger partial charge in [0.15, 0.2) is 0 Å². The van der Waals surface area contributed by atoms with Crippen LogP contribution in [0.15, 0.2) is 99.8 Å². The normalized spacial score (nSPS) is 11.8. The minimum atomic E-state index is -3.86. The van der Waals surface area contributed by atoms with Crippen LogP contribution in [-0.2, 0) is 27.9 Å². The van der Waals surface area contributed by atoms with E-state index in [0.717, 1.165) is 16.7 Å². The van der Waals surface area contributed by atoms with Crippen molar-refractivity contribution in [1.29, 1.82) is 5.26 Å². The third-order valence-electron chi connectivity index (χ3n) is 5.89. The Labute approximate surface area is 233 Å². The number of benzene rings is 3. The van der Waals surface area contributed by atoms with Crippen LogP contribution in [0.5, 0.6) is 0 Å². The molecule has 0 saturated heterocycles. The van der Waals surface area contributed by atoms with E-state index < -0.39 is 15.9 Å². The second-order valence-corrected chi connectivity index (χ2v) is 11.4. The van der Waals surface area contributed by atoms with Crippen molar-refractivity contribution in [2.75, 3.05) is 5.32 Å². The molecule has 1 heterocycles. The minimum Gasteiger partial charge on any atom is -0.460 e. The van der Waals surface area contributed by atoms with E-state index >= 15 is 0 Å². The van der Waals surface area contributed by atoms with Crippen LogP contribution in [0.25, 0.3) is 6.08 Å². The molecule has 4 rings (SSSR count). The Morgan fingerprint density at radius 1 is 0.974 bits per heavy atom. The zero-order chi connectivity index (χ0) is 28.0. The molecule has 0 spiro atoms. The highest BCUT2D eigenvalue weighted by atomic mass is 35.5. The first kappa shape index (κ1) is 27.9. The summed E-state index contributed by atoms with van der Waals surface area (Å²) in [5.41, 5.74) is 3.12. The van der Waals surface area contributed by atoms with Gasteiger partial charge in [-0.05, 0) is 61.9 Å². The molecule has 1 aromatic heterocycles. The van der Waals surface area contributed by atoms with Gasteiger partial charge < -0.3 is 9.73 Å². The van der Waals surface area contributed by atoms with E-state index in [1.54, 1.807) is 60.7 Å². The molecular weight excluding hydrogens is 534 g/mol. The van der Waals surface area contributed by atoms with E-state index in [2.05, 4.69) is 5.32 Å². The Balaban J connectivity index is 1.58. The Bertz CT molecular complexity index is 1650. The van der Waals surface area contributed by atoms with E-state index in [1.807, 2.05) is 44.2 Å². The van der Waals surface area contributed by atoms with E-state index in [4.69, 9.17) is 16.0 Å². The van der Waals surface area contributed by atoms with Crippen LogP contribution in [-0.4, -0.2) is 18.6 Å². The Kier molecular flexibility index (Phi) is 8.67. The average Bonchev–Trinajstić information content (AvgIpc) is 3.35. The predicted molar refractivity (Wildman–Crippen MR) is 151 cm³/mol. The summed E-state index contributed by atoms with van der Waals surface area (Å²) >= 11 is 5.96. The fourth-order valence-corrected chi connectivity index (χ4v) is 5.35. The molecule has 0 atom stereocenters. The average molecular weight is 560 g/mol. The third-order valence-corrected chi connectivity index (χ3v) is 7.93. The Morgan fingerprint density at radius 3 is 2.28 bits per heavy atom. The summed E-state index contributed by atoms with van der Waals surface area (Å²) < 4.78 is 34.4. The van der Waals surface area contributed by atoms with Crippen molar-refractivity contribution in [3.05, 3.63) is 124 Å². The minimum absolute atomic E-state index is 0.0471. The second-order valence-electron chi connectivity index (χ2n) is 9.01. The van der Waals surface area contributed by atoms with Gasteiger partial charge in [-0.1, -0.05) is 65.2 Å². The van der Waals surface area contributed by atoms with Crippen molar-refractivity contribution in [2.24, 2.45) is 0 Å². The first-order valence-corrected chi connectivity index (χ1v) is 13.9. The quantitative estimate of drug-likeness (QED) is 0.186. The number of nitriles is 1. The number of halogens is 1. The van der Waals surface area contributed by atoms with Gasteiger partial charge in [-0.25, -0.2) is 8.42 Å². The van der Waals surface area contributed by atoms with E-state index in [9.17, 15) is 18.5 Å². The van der Waals surface area contributed by atoms with Crippen molar-refractivity contribution in [2.45, 2.75) is 31.8 Å². The third kappa shape index (κ3) is 7.24. The number of hydrogen-bond donors (Lipinski definition) is 1. The van der Waals surface area contributed by atoms with Crippen molar-refractivity contribution < 1.29 is 17.6 Å². The Hall–Kier alpha value is -4.16. The lowest BCUT2D eigenvalue weighted by molar-refractivity contribution is -0.112. The number of nitrogens with one attached hydrogen (secondary N) is 1. The van der Waals surface area contributed by atoms with Gasteiger partial charge in [-0.2, -0.15) is 9.57 Å². The summed E-state index contributed by atoms with van der Waals surface area (Å²) in [5.74, 6) is -0.0249. The lowest BCUT2D eigenvalue weighted by atomic mass is 10.1. The lowest BCUT2D eigenvalue weighted by Gasteiger charge is -2.21. The number of nitrogens with zero attached hydrogens (tertiary/aromatic N) is 2. The lowest BCUT2D eigenvalue weighted by Crippen LogP contribution is -2.30. The number of sulfonamides is 1. The summed E-state index contributed by atoms with van der Waals surface area (Å²) in [7, 11) is -3.86. The maximum atomic E-state index is 13.6. The van der Waals surface area contributed by atoms with Gasteiger partial charge >= 0.3 is 0 Å². The Morgan fingerprint density at radius 2 is 1.64 bits per heavy atom. The summed E-state index contributed by atoms with van der Waals surface area (Å²) in [4.78, 5) is 12.8. The van der Waals surface area contributed by atoms with Crippen LogP contribution in [0.4, 0.5) is 5.69 Å². The van der Waals surface area contributed by atoms with Crippen molar-refractivity contribution in [3.8, 4) is 6.07 Å². The highest BCUT2D eigenvalue weighted by Gasteiger charge is 2.26. The van der Waals surface area contributed by atoms with Crippen LogP contribution in [0.1, 0.15) is 28.2 Å². The van der Waals surface area contributed by atoms with Gasteiger partial charge in [0.1, 0.15) is 23.2 Å². The molecule has 4 aromatic rings. The highest BCUT2D eigenvalue weighted by Crippen LogP contribution is 2.24. The summed E-state index contributed by atoms with van der Waals surface area (Å²) in [6.45, 7) is 3.94. The standard InChI is InChI=1S/C30H26ClN3O4S/c1-21-6-10-23(11-7-21)19-34(39(36,37)29-14-8-22(2)9-15-29)20-28-13-12-27(38-28)16-24(18-32)30(35)33-26-5-3-4-25(31)17-26/h3-17H,19-20H2,1-2H3,(H,33,35)/b24-16-. The molecule has 3 aromatic carbocycles. The van der Waals surface area contributed by atoms with Crippen LogP contribution >= 0.6 is 11.6 Å². The number of carbonyl (C=O) groups is 1. The monoisotopic (exact) mass is 559 g/mol. The number of amides is 1. The molecule has 39 heavy (non-hydrogen) atoms. The van der Waals surface area contributed by atoms with Gasteiger partial charge in [0.05, 0.1) is 11.4 Å². The SMILES string of the molecule is Cc1ccc(CN(Cc2ccc(/C=C(/C#N)C(=O)Nc3cccc(Cl)c3)o2)S(=O)(=O)c2ccc(C)cc2)cc1. The maximum absolute atomic E-state index is 13.6. The van der Waals surface area contributed by atoms with Crippen molar-refractivity contribution in [1.82, 2.24) is 4.31 Å². The highest BCUT2D eigenvalue weighted by molar-refractivity contribution is 7.89. The summed E-state index contributed by atoms with van der Waals surface area (Å²) in [6, 6.07) is 26.0. The number of hydrogen-bond acceptors (Lipinski definition) is 5. The molecular formula is C30H26ClN3O4S. The molecule has 1 N–H and O–H groups in total.